The smallest absolute Gasteiger partial charge is 0.190 e. The third-order valence-corrected chi connectivity index (χ3v) is 9.31. The average Bonchev–Trinajstić information content (AvgIpc) is 2.91. The van der Waals surface area contributed by atoms with E-state index in [0.29, 0.717) is 19.3 Å². The Labute approximate surface area is 175 Å². The SMILES string of the molecule is CC12CCC(=O)C=C1CCC1C2C(O)CC2(C)C1CCC2(O)C(=O)COP(=O)([O-])[O-]. The fraction of sp³-hybridized carbons (Fsp3) is 0.810. The predicted octanol–water partition coefficient (Wildman–Crippen LogP) is 0.635. The summed E-state index contributed by atoms with van der Waals surface area (Å²) in [5, 5.41) is 22.6. The number of hydrogen-bond acceptors (Lipinski definition) is 8. The van der Waals surface area contributed by atoms with Crippen LogP contribution in [0.25, 0.3) is 0 Å². The molecule has 9 heteroatoms. The van der Waals surface area contributed by atoms with Gasteiger partial charge in [-0.2, -0.15) is 0 Å². The molecule has 0 aromatic carbocycles. The van der Waals surface area contributed by atoms with E-state index in [1.165, 1.54) is 0 Å². The first-order valence-corrected chi connectivity index (χ1v) is 12.1. The second kappa shape index (κ2) is 7.06. The van der Waals surface area contributed by atoms with E-state index < -0.39 is 37.3 Å². The maximum absolute atomic E-state index is 12.8. The molecule has 0 bridgehead atoms. The van der Waals surface area contributed by atoms with Crippen LogP contribution >= 0.6 is 7.82 Å². The summed E-state index contributed by atoms with van der Waals surface area (Å²) in [5.41, 5.74) is -1.96. The van der Waals surface area contributed by atoms with Crippen LogP contribution < -0.4 is 9.79 Å². The number of rotatable bonds is 4. The lowest BCUT2D eigenvalue weighted by atomic mass is 9.45. The number of aliphatic hydroxyl groups excluding tert-OH is 1. The highest BCUT2D eigenvalue weighted by Gasteiger charge is 2.68. The number of carbonyl (C=O) groups is 2. The minimum Gasteiger partial charge on any atom is -0.790 e. The lowest BCUT2D eigenvalue weighted by Crippen LogP contribution is -2.62. The number of carbonyl (C=O) groups excluding carboxylic acids is 2. The standard InChI is InChI=1S/C21H31O8P/c1-19-7-5-13(22)9-12(19)3-4-14-15-6-8-21(25,17(24)11-29-30(26,27)28)20(15,2)10-16(23)18(14)19/h9,14-16,18,23,25H,3-8,10-11H2,1-2H3,(H2,26,27,28)/p-2. The third-order valence-electron chi connectivity index (χ3n) is 8.86. The van der Waals surface area contributed by atoms with Crippen LogP contribution in [-0.4, -0.2) is 40.1 Å². The molecule has 0 aromatic rings. The molecular weight excluding hydrogens is 411 g/mol. The zero-order valence-corrected chi connectivity index (χ0v) is 18.2. The van der Waals surface area contributed by atoms with Crippen LogP contribution in [0, 0.1) is 28.6 Å². The Morgan fingerprint density at radius 1 is 1.27 bits per heavy atom. The summed E-state index contributed by atoms with van der Waals surface area (Å²) in [6.07, 6.45) is 4.59. The van der Waals surface area contributed by atoms with Crippen LogP contribution in [0.4, 0.5) is 0 Å². The number of aliphatic hydroxyl groups is 2. The van der Waals surface area contributed by atoms with Crippen molar-refractivity contribution in [1.82, 2.24) is 0 Å². The van der Waals surface area contributed by atoms with Gasteiger partial charge in [-0.25, -0.2) is 0 Å². The van der Waals surface area contributed by atoms with Crippen LogP contribution in [-0.2, 0) is 18.7 Å². The molecule has 0 aromatic heterocycles. The van der Waals surface area contributed by atoms with Crippen LogP contribution in [0.15, 0.2) is 11.6 Å². The van der Waals surface area contributed by atoms with E-state index in [1.54, 1.807) is 13.0 Å². The fourth-order valence-corrected chi connectivity index (χ4v) is 7.68. The van der Waals surface area contributed by atoms with Crippen LogP contribution in [0.2, 0.25) is 0 Å². The second-order valence-electron chi connectivity index (χ2n) is 10.1. The highest BCUT2D eigenvalue weighted by atomic mass is 31.2. The lowest BCUT2D eigenvalue weighted by molar-refractivity contribution is -0.341. The molecule has 0 spiro atoms. The Morgan fingerprint density at radius 3 is 2.63 bits per heavy atom. The van der Waals surface area contributed by atoms with E-state index in [-0.39, 0.29) is 41.8 Å². The quantitative estimate of drug-likeness (QED) is 0.605. The number of hydrogen-bond donors (Lipinski definition) is 2. The molecule has 0 radical (unpaired) electrons. The first-order chi connectivity index (χ1) is 13.8. The first-order valence-electron chi connectivity index (χ1n) is 10.7. The molecular formula is C21H29O8P-2. The van der Waals surface area contributed by atoms with Gasteiger partial charge in [0.15, 0.2) is 11.6 Å². The van der Waals surface area contributed by atoms with Crippen LogP contribution in [0.1, 0.15) is 58.8 Å². The van der Waals surface area contributed by atoms with Crippen LogP contribution in [0.5, 0.6) is 0 Å². The molecule has 2 N–H and O–H groups in total. The molecule has 3 saturated carbocycles. The van der Waals surface area contributed by atoms with Gasteiger partial charge < -0.3 is 29.1 Å². The van der Waals surface area contributed by atoms with E-state index >= 15 is 0 Å². The van der Waals surface area contributed by atoms with Gasteiger partial charge >= 0.3 is 0 Å². The zero-order chi connectivity index (χ0) is 22.1. The molecule has 30 heavy (non-hydrogen) atoms. The van der Waals surface area contributed by atoms with Gasteiger partial charge in [0.25, 0.3) is 0 Å². The Balaban J connectivity index is 1.64. The molecule has 0 heterocycles. The van der Waals surface area contributed by atoms with Crippen molar-refractivity contribution < 1.29 is 38.7 Å². The van der Waals surface area contributed by atoms with Gasteiger partial charge in [0.05, 0.1) is 13.9 Å². The summed E-state index contributed by atoms with van der Waals surface area (Å²) in [7, 11) is -5.33. The molecule has 0 aliphatic heterocycles. The molecule has 0 amide bonds. The Hall–Kier alpha value is -0.890. The van der Waals surface area contributed by atoms with Crippen molar-refractivity contribution in [2.24, 2.45) is 28.6 Å². The largest absolute Gasteiger partial charge is 0.790 e. The van der Waals surface area contributed by atoms with E-state index in [0.717, 1.165) is 18.4 Å². The first kappa shape index (κ1) is 22.3. The van der Waals surface area contributed by atoms with E-state index in [4.69, 9.17) is 0 Å². The van der Waals surface area contributed by atoms with Gasteiger partial charge in [0.2, 0.25) is 0 Å². The number of Topliss-reactive ketones (excluding diaryl/α,β-unsaturated/α-hetero) is 1. The Morgan fingerprint density at radius 2 is 1.97 bits per heavy atom. The number of ketones is 2. The monoisotopic (exact) mass is 440 g/mol. The van der Waals surface area contributed by atoms with E-state index in [1.807, 2.05) is 0 Å². The van der Waals surface area contributed by atoms with Crippen molar-refractivity contribution in [1.29, 1.82) is 0 Å². The molecule has 0 saturated heterocycles. The number of fused-ring (bicyclic) bond motifs is 5. The summed E-state index contributed by atoms with van der Waals surface area (Å²) in [6.45, 7) is 2.92. The predicted molar refractivity (Wildman–Crippen MR) is 102 cm³/mol. The van der Waals surface area contributed by atoms with Crippen LogP contribution in [0.3, 0.4) is 0 Å². The van der Waals surface area contributed by atoms with Crippen molar-refractivity contribution in [3.05, 3.63) is 11.6 Å². The summed E-state index contributed by atoms with van der Waals surface area (Å²) >= 11 is 0. The highest BCUT2D eigenvalue weighted by Crippen LogP contribution is 2.67. The van der Waals surface area contributed by atoms with Gasteiger partial charge in [-0.1, -0.05) is 19.4 Å². The Kier molecular flexibility index (Phi) is 5.25. The van der Waals surface area contributed by atoms with Crippen molar-refractivity contribution in [3.8, 4) is 0 Å². The molecule has 4 rings (SSSR count). The van der Waals surface area contributed by atoms with Gasteiger partial charge in [0, 0.05) is 11.8 Å². The van der Waals surface area contributed by atoms with Gasteiger partial charge in [-0.05, 0) is 67.8 Å². The van der Waals surface area contributed by atoms with Gasteiger partial charge in [0.1, 0.15) is 12.2 Å². The zero-order valence-electron chi connectivity index (χ0n) is 17.3. The van der Waals surface area contributed by atoms with Gasteiger partial charge in [-0.3, -0.25) is 9.59 Å². The maximum atomic E-state index is 12.8. The van der Waals surface area contributed by atoms with Crippen molar-refractivity contribution in [2.75, 3.05) is 6.61 Å². The summed E-state index contributed by atoms with van der Waals surface area (Å²) in [6, 6.07) is 0. The topological polar surface area (TPSA) is 147 Å². The molecule has 8 nitrogen and oxygen atoms in total. The molecule has 4 aliphatic rings. The van der Waals surface area contributed by atoms with Crippen molar-refractivity contribution in [2.45, 2.75) is 70.5 Å². The number of phosphoric ester groups is 1. The minimum atomic E-state index is -5.33. The minimum absolute atomic E-state index is 0.0258. The van der Waals surface area contributed by atoms with Crippen molar-refractivity contribution in [3.63, 3.8) is 0 Å². The summed E-state index contributed by atoms with van der Waals surface area (Å²) in [4.78, 5) is 46.3. The van der Waals surface area contributed by atoms with Crippen molar-refractivity contribution >= 4 is 19.4 Å². The summed E-state index contributed by atoms with van der Waals surface area (Å²) in [5.74, 6) is -0.688. The van der Waals surface area contributed by atoms with E-state index in [9.17, 15) is 34.2 Å². The normalized spacial score (nSPS) is 45.9. The molecule has 7 atom stereocenters. The fourth-order valence-electron chi connectivity index (χ4n) is 7.41. The highest BCUT2D eigenvalue weighted by molar-refractivity contribution is 7.43. The molecule has 168 valence electrons. The number of phosphoric acid groups is 1. The molecule has 4 aliphatic carbocycles. The maximum Gasteiger partial charge on any atom is 0.190 e. The summed E-state index contributed by atoms with van der Waals surface area (Å²) < 4.78 is 15.0. The number of allylic oxidation sites excluding steroid dienone is 1. The second-order valence-corrected chi connectivity index (χ2v) is 11.3. The Bertz CT molecular complexity index is 848. The van der Waals surface area contributed by atoms with Gasteiger partial charge in [-0.15, -0.1) is 0 Å². The van der Waals surface area contributed by atoms with E-state index in [2.05, 4.69) is 11.4 Å². The lowest BCUT2D eigenvalue weighted by Gasteiger charge is -2.60. The molecule has 7 unspecified atom stereocenters. The molecule has 3 fully saturated rings. The average molecular weight is 440 g/mol. The third kappa shape index (κ3) is 3.19.